The number of hydrogen-bond acceptors (Lipinski definition) is 6. The number of nitriles is 1. The van der Waals surface area contributed by atoms with Crippen LogP contribution in [-0.2, 0) is 9.47 Å². The molecule has 0 radical (unpaired) electrons. The molecule has 1 amide bonds. The van der Waals surface area contributed by atoms with E-state index in [0.29, 0.717) is 40.7 Å². The summed E-state index contributed by atoms with van der Waals surface area (Å²) in [6, 6.07) is 14.9. The van der Waals surface area contributed by atoms with Gasteiger partial charge in [-0.1, -0.05) is 11.6 Å². The van der Waals surface area contributed by atoms with Gasteiger partial charge in [0.1, 0.15) is 6.07 Å². The lowest BCUT2D eigenvalue weighted by Crippen LogP contribution is -2.45. The Balaban J connectivity index is 1.30. The molecule has 0 atom stereocenters. The van der Waals surface area contributed by atoms with Crippen LogP contribution in [0.15, 0.2) is 48.7 Å². The van der Waals surface area contributed by atoms with E-state index < -0.39 is 5.79 Å². The number of aromatic nitrogens is 2. The van der Waals surface area contributed by atoms with Gasteiger partial charge in [0.25, 0.3) is 5.91 Å². The van der Waals surface area contributed by atoms with Crippen molar-refractivity contribution in [1.82, 2.24) is 9.78 Å². The van der Waals surface area contributed by atoms with Crippen LogP contribution in [0.4, 0.5) is 11.4 Å². The zero-order valence-electron chi connectivity index (χ0n) is 18.8. The predicted octanol–water partition coefficient (Wildman–Crippen LogP) is 4.30. The third-order valence-corrected chi connectivity index (χ3v) is 6.63. The second kappa shape index (κ2) is 9.11. The third-order valence-electron chi connectivity index (χ3n) is 6.38. The van der Waals surface area contributed by atoms with Crippen molar-refractivity contribution in [3.05, 3.63) is 70.5 Å². The first-order valence-electron chi connectivity index (χ1n) is 11.2. The average molecular weight is 478 g/mol. The lowest BCUT2D eigenvalue weighted by Gasteiger charge is -2.39. The molecule has 1 aromatic heterocycles. The highest BCUT2D eigenvalue weighted by molar-refractivity contribution is 6.30. The van der Waals surface area contributed by atoms with E-state index in [0.717, 1.165) is 37.3 Å². The summed E-state index contributed by atoms with van der Waals surface area (Å²) in [7, 11) is 0. The van der Waals surface area contributed by atoms with Crippen LogP contribution in [0.5, 0.6) is 0 Å². The molecular formula is C25H24ClN5O3. The fraction of sp³-hybridized carbons (Fsp3) is 0.320. The van der Waals surface area contributed by atoms with Gasteiger partial charge < -0.3 is 19.7 Å². The van der Waals surface area contributed by atoms with Crippen molar-refractivity contribution >= 4 is 28.9 Å². The number of carbonyl (C=O) groups excluding carboxylic acids is 1. The van der Waals surface area contributed by atoms with Gasteiger partial charge in [-0.2, -0.15) is 10.4 Å². The van der Waals surface area contributed by atoms with Gasteiger partial charge in [-0.15, -0.1) is 0 Å². The minimum Gasteiger partial charge on any atom is -0.370 e. The topological polar surface area (TPSA) is 92.4 Å². The molecule has 174 valence electrons. The van der Waals surface area contributed by atoms with E-state index in [1.54, 1.807) is 22.9 Å². The summed E-state index contributed by atoms with van der Waals surface area (Å²) in [4.78, 5) is 15.1. The lowest BCUT2D eigenvalue weighted by molar-refractivity contribution is -0.169. The Kier molecular flexibility index (Phi) is 6.00. The molecular weight excluding hydrogens is 454 g/mol. The summed E-state index contributed by atoms with van der Waals surface area (Å²) in [5.41, 5.74) is 3.88. The normalized spacial score (nSPS) is 17.0. The van der Waals surface area contributed by atoms with Crippen molar-refractivity contribution in [3.8, 4) is 11.8 Å². The third kappa shape index (κ3) is 4.26. The minimum atomic E-state index is -0.467. The van der Waals surface area contributed by atoms with E-state index in [-0.39, 0.29) is 5.91 Å². The fourth-order valence-corrected chi connectivity index (χ4v) is 4.65. The largest absolute Gasteiger partial charge is 0.370 e. The van der Waals surface area contributed by atoms with E-state index >= 15 is 0 Å². The second-order valence-corrected chi connectivity index (χ2v) is 8.86. The molecule has 2 aliphatic rings. The molecule has 2 saturated heterocycles. The molecule has 0 unspecified atom stereocenters. The van der Waals surface area contributed by atoms with E-state index in [2.05, 4.69) is 21.4 Å². The number of nitrogens with zero attached hydrogens (tertiary/aromatic N) is 4. The minimum absolute atomic E-state index is 0.287. The van der Waals surface area contributed by atoms with Crippen LogP contribution in [0, 0.1) is 18.3 Å². The Morgan fingerprint density at radius 1 is 1.15 bits per heavy atom. The zero-order valence-corrected chi connectivity index (χ0v) is 19.5. The molecule has 8 nitrogen and oxygen atoms in total. The molecule has 3 aromatic rings. The first kappa shape index (κ1) is 22.4. The number of rotatable bonds is 4. The number of hydrogen-bond donors (Lipinski definition) is 1. The molecule has 2 aliphatic heterocycles. The van der Waals surface area contributed by atoms with Crippen molar-refractivity contribution in [2.75, 3.05) is 36.5 Å². The summed E-state index contributed by atoms with van der Waals surface area (Å²) in [5, 5.41) is 17.6. The number of amides is 1. The van der Waals surface area contributed by atoms with E-state index in [1.807, 2.05) is 31.2 Å². The standard InChI is InChI=1S/C25H24ClN5O3/c1-17-22(16-28-31(17)21-5-2-19(26)3-6-21)24(32)29-20-4-7-23(18(14-20)15-27)30-10-8-25(9-11-30)33-12-13-34-25/h2-7,14,16H,8-13H2,1H3,(H,29,32). The van der Waals surface area contributed by atoms with Gasteiger partial charge in [0.05, 0.1) is 47.6 Å². The molecule has 1 N–H and O–H groups in total. The number of nitrogens with one attached hydrogen (secondary N) is 1. The fourth-order valence-electron chi connectivity index (χ4n) is 4.53. The van der Waals surface area contributed by atoms with Crippen molar-refractivity contribution < 1.29 is 14.3 Å². The van der Waals surface area contributed by atoms with Gasteiger partial charge in [0.15, 0.2) is 5.79 Å². The van der Waals surface area contributed by atoms with Crippen LogP contribution in [0.25, 0.3) is 5.69 Å². The number of halogens is 1. The van der Waals surface area contributed by atoms with Crippen molar-refractivity contribution in [3.63, 3.8) is 0 Å². The molecule has 3 heterocycles. The Labute approximate surface area is 202 Å². The van der Waals surface area contributed by atoms with Crippen LogP contribution in [-0.4, -0.2) is 47.8 Å². The number of ether oxygens (including phenoxy) is 2. The monoisotopic (exact) mass is 477 g/mol. The molecule has 34 heavy (non-hydrogen) atoms. The van der Waals surface area contributed by atoms with Crippen LogP contribution < -0.4 is 10.2 Å². The highest BCUT2D eigenvalue weighted by atomic mass is 35.5. The van der Waals surface area contributed by atoms with Crippen molar-refractivity contribution in [2.24, 2.45) is 0 Å². The number of anilines is 2. The number of carbonyl (C=O) groups is 1. The van der Waals surface area contributed by atoms with Gasteiger partial charge in [0.2, 0.25) is 0 Å². The molecule has 0 aliphatic carbocycles. The van der Waals surface area contributed by atoms with Gasteiger partial charge in [-0.3, -0.25) is 4.79 Å². The van der Waals surface area contributed by atoms with E-state index in [1.165, 1.54) is 6.20 Å². The highest BCUT2D eigenvalue weighted by Crippen LogP contribution is 2.34. The molecule has 1 spiro atoms. The van der Waals surface area contributed by atoms with E-state index in [4.69, 9.17) is 21.1 Å². The molecule has 2 aromatic carbocycles. The van der Waals surface area contributed by atoms with Crippen LogP contribution in [0.3, 0.4) is 0 Å². The molecule has 2 fully saturated rings. The maximum absolute atomic E-state index is 13.0. The molecule has 0 saturated carbocycles. The van der Waals surface area contributed by atoms with Crippen LogP contribution >= 0.6 is 11.6 Å². The Morgan fingerprint density at radius 2 is 1.85 bits per heavy atom. The smallest absolute Gasteiger partial charge is 0.259 e. The quantitative estimate of drug-likeness (QED) is 0.602. The highest BCUT2D eigenvalue weighted by Gasteiger charge is 2.40. The summed E-state index contributed by atoms with van der Waals surface area (Å²) in [6.07, 6.45) is 3.05. The van der Waals surface area contributed by atoms with Gasteiger partial charge in [-0.05, 0) is 49.4 Å². The van der Waals surface area contributed by atoms with Gasteiger partial charge in [-0.25, -0.2) is 4.68 Å². The summed E-state index contributed by atoms with van der Waals surface area (Å²) in [5.74, 6) is -0.754. The summed E-state index contributed by atoms with van der Waals surface area (Å²) < 4.78 is 13.3. The first-order chi connectivity index (χ1) is 16.5. The zero-order chi connectivity index (χ0) is 23.7. The summed E-state index contributed by atoms with van der Waals surface area (Å²) >= 11 is 5.97. The second-order valence-electron chi connectivity index (χ2n) is 8.42. The first-order valence-corrected chi connectivity index (χ1v) is 11.5. The van der Waals surface area contributed by atoms with Crippen molar-refractivity contribution in [1.29, 1.82) is 5.26 Å². The lowest BCUT2D eigenvalue weighted by atomic mass is 10.0. The number of benzene rings is 2. The predicted molar refractivity (Wildman–Crippen MR) is 129 cm³/mol. The van der Waals surface area contributed by atoms with Gasteiger partial charge >= 0.3 is 0 Å². The van der Waals surface area contributed by atoms with Crippen molar-refractivity contribution in [2.45, 2.75) is 25.6 Å². The van der Waals surface area contributed by atoms with E-state index in [9.17, 15) is 10.1 Å². The Hall–Kier alpha value is -3.38. The van der Waals surface area contributed by atoms with Gasteiger partial charge in [0, 0.05) is 36.6 Å². The average Bonchev–Trinajstić information content (AvgIpc) is 3.47. The summed E-state index contributed by atoms with van der Waals surface area (Å²) in [6.45, 7) is 4.58. The molecule has 0 bridgehead atoms. The number of piperidine rings is 1. The maximum atomic E-state index is 13.0. The van der Waals surface area contributed by atoms with Crippen LogP contribution in [0.1, 0.15) is 34.5 Å². The maximum Gasteiger partial charge on any atom is 0.259 e. The Morgan fingerprint density at radius 3 is 2.53 bits per heavy atom. The Bertz CT molecular complexity index is 1250. The SMILES string of the molecule is Cc1c(C(=O)Nc2ccc(N3CCC4(CC3)OCCO4)c(C#N)c2)cnn1-c1ccc(Cl)cc1. The van der Waals surface area contributed by atoms with Crippen LogP contribution in [0.2, 0.25) is 5.02 Å². The molecule has 5 rings (SSSR count). The molecule has 9 heteroatoms.